The van der Waals surface area contributed by atoms with Crippen LogP contribution in [-0.4, -0.2) is 54.4 Å². The summed E-state index contributed by atoms with van der Waals surface area (Å²) in [6, 6.07) is 6.50. The van der Waals surface area contributed by atoms with Crippen LogP contribution in [0, 0.1) is 6.92 Å². The fourth-order valence-corrected chi connectivity index (χ4v) is 2.40. The summed E-state index contributed by atoms with van der Waals surface area (Å²) >= 11 is 0. The maximum absolute atomic E-state index is 11.1. The zero-order chi connectivity index (χ0) is 17.5. The molecule has 7 nitrogen and oxygen atoms in total. The van der Waals surface area contributed by atoms with E-state index < -0.39 is 28.8 Å². The predicted molar refractivity (Wildman–Crippen MR) is 82.3 cm³/mol. The molecule has 0 radical (unpaired) electrons. The van der Waals surface area contributed by atoms with Crippen molar-refractivity contribution in [3.8, 4) is 0 Å². The van der Waals surface area contributed by atoms with Crippen LogP contribution >= 0.6 is 0 Å². The zero-order valence-electron chi connectivity index (χ0n) is 13.5. The zero-order valence-corrected chi connectivity index (χ0v) is 14.3. The second kappa shape index (κ2) is 9.19. The van der Waals surface area contributed by atoms with Gasteiger partial charge >= 0.3 is 0 Å². The Morgan fingerprint density at radius 3 is 1.55 bits per heavy atom. The van der Waals surface area contributed by atoms with Gasteiger partial charge in [-0.05, 0) is 39.8 Å². The van der Waals surface area contributed by atoms with Gasteiger partial charge in [-0.15, -0.1) is 0 Å². The summed E-state index contributed by atoms with van der Waals surface area (Å²) < 4.78 is 26.5. The minimum Gasteiger partial charge on any atom is -0.379 e. The fraction of sp³-hybridized carbons (Fsp3) is 0.571. The van der Waals surface area contributed by atoms with Gasteiger partial charge in [-0.1, -0.05) is 17.7 Å². The molecule has 8 heteroatoms. The molecule has 0 aliphatic heterocycles. The van der Waals surface area contributed by atoms with Crippen molar-refractivity contribution in [2.45, 2.75) is 51.3 Å². The molecule has 3 atom stereocenters. The van der Waals surface area contributed by atoms with Gasteiger partial charge in [-0.25, -0.2) is 4.90 Å². The van der Waals surface area contributed by atoms with Crippen LogP contribution in [0.25, 0.3) is 0 Å². The van der Waals surface area contributed by atoms with E-state index >= 15 is 0 Å². The Hall–Kier alpha value is -1.03. The third-order valence-corrected chi connectivity index (χ3v) is 4.11. The van der Waals surface area contributed by atoms with E-state index in [9.17, 15) is 8.42 Å². The first-order valence-electron chi connectivity index (χ1n) is 6.71. The molecule has 0 aliphatic rings. The van der Waals surface area contributed by atoms with E-state index in [1.165, 1.54) is 37.8 Å². The van der Waals surface area contributed by atoms with Crippen molar-refractivity contribution in [1.82, 2.24) is 4.90 Å². The van der Waals surface area contributed by atoms with E-state index in [0.29, 0.717) is 0 Å². The quantitative estimate of drug-likeness (QED) is 0.535. The van der Waals surface area contributed by atoms with Crippen LogP contribution in [0.15, 0.2) is 29.2 Å². The standard InChI is InChI=1S/C8H10O3S.C6H15NO3/c1-7-3-5-8(6-4-7)12(9,10)11-2;1-4(8)7(5(2)9)6(3)10/h3-6H,1-2H3;4-6,8-10H,1-3H3. The summed E-state index contributed by atoms with van der Waals surface area (Å²) in [6.07, 6.45) is -2.50. The highest BCUT2D eigenvalue weighted by atomic mass is 32.2. The molecule has 0 bridgehead atoms. The minimum absolute atomic E-state index is 0.190. The molecule has 1 aromatic carbocycles. The summed E-state index contributed by atoms with van der Waals surface area (Å²) in [6.45, 7) is 6.35. The molecule has 0 aliphatic carbocycles. The minimum atomic E-state index is -3.51. The Morgan fingerprint density at radius 2 is 1.32 bits per heavy atom. The molecule has 0 heterocycles. The predicted octanol–water partition coefficient (Wildman–Crippen LogP) is 0.633. The van der Waals surface area contributed by atoms with Crippen LogP contribution in [0.1, 0.15) is 26.3 Å². The highest BCUT2D eigenvalue weighted by molar-refractivity contribution is 7.86. The van der Waals surface area contributed by atoms with Crippen molar-refractivity contribution in [2.24, 2.45) is 0 Å². The van der Waals surface area contributed by atoms with E-state index in [2.05, 4.69) is 4.18 Å². The van der Waals surface area contributed by atoms with Gasteiger partial charge in [0.2, 0.25) is 0 Å². The summed E-state index contributed by atoms with van der Waals surface area (Å²) in [4.78, 5) is 1.36. The molecule has 0 aromatic heterocycles. The largest absolute Gasteiger partial charge is 0.379 e. The van der Waals surface area contributed by atoms with Crippen molar-refractivity contribution in [3.63, 3.8) is 0 Å². The molecule has 128 valence electrons. The molecule has 0 fully saturated rings. The first kappa shape index (κ1) is 21.0. The molecule has 1 rings (SSSR count). The fourth-order valence-electron chi connectivity index (χ4n) is 1.74. The molecular formula is C14H25NO6S. The van der Waals surface area contributed by atoms with Gasteiger partial charge in [0.15, 0.2) is 0 Å². The van der Waals surface area contributed by atoms with Crippen molar-refractivity contribution >= 4 is 10.1 Å². The number of hydrogen-bond acceptors (Lipinski definition) is 7. The Morgan fingerprint density at radius 1 is 0.955 bits per heavy atom. The van der Waals surface area contributed by atoms with Gasteiger partial charge in [0, 0.05) is 0 Å². The number of rotatable bonds is 5. The summed E-state index contributed by atoms with van der Waals surface area (Å²) in [5.74, 6) is 0. The highest BCUT2D eigenvalue weighted by Gasteiger charge is 2.20. The van der Waals surface area contributed by atoms with E-state index in [0.717, 1.165) is 12.7 Å². The second-order valence-electron chi connectivity index (χ2n) is 4.78. The van der Waals surface area contributed by atoms with Crippen LogP contribution in [0.5, 0.6) is 0 Å². The number of nitrogens with zero attached hydrogens (tertiary/aromatic N) is 1. The first-order valence-corrected chi connectivity index (χ1v) is 8.12. The Kier molecular flexibility index (Phi) is 8.76. The van der Waals surface area contributed by atoms with Crippen molar-refractivity contribution in [1.29, 1.82) is 0 Å². The third-order valence-electron chi connectivity index (χ3n) is 2.82. The average Bonchev–Trinajstić information content (AvgIpc) is 2.38. The number of hydrogen-bond donors (Lipinski definition) is 3. The van der Waals surface area contributed by atoms with Crippen molar-refractivity contribution in [3.05, 3.63) is 29.8 Å². The Balaban J connectivity index is 0.000000409. The smallest absolute Gasteiger partial charge is 0.296 e. The lowest BCUT2D eigenvalue weighted by Crippen LogP contribution is -2.45. The molecular weight excluding hydrogens is 310 g/mol. The summed E-state index contributed by atoms with van der Waals surface area (Å²) in [7, 11) is -2.37. The third kappa shape index (κ3) is 6.82. The maximum atomic E-state index is 11.1. The normalized spacial score (nSPS) is 15.7. The van der Waals surface area contributed by atoms with E-state index in [4.69, 9.17) is 15.3 Å². The number of benzene rings is 1. The Labute approximate surface area is 131 Å². The van der Waals surface area contributed by atoms with E-state index in [-0.39, 0.29) is 4.90 Å². The lowest BCUT2D eigenvalue weighted by molar-refractivity contribution is -0.159. The SMILES string of the molecule is CC(O)N(C(C)O)C(C)O.COS(=O)(=O)c1ccc(C)cc1. The van der Waals surface area contributed by atoms with Crippen LogP contribution in [0.4, 0.5) is 0 Å². The molecule has 0 amide bonds. The van der Waals surface area contributed by atoms with Gasteiger partial charge in [0.25, 0.3) is 10.1 Å². The van der Waals surface area contributed by atoms with Gasteiger partial charge in [0.05, 0.1) is 12.0 Å². The highest BCUT2D eigenvalue weighted by Crippen LogP contribution is 2.11. The molecule has 1 aromatic rings. The van der Waals surface area contributed by atoms with Gasteiger partial charge in [-0.2, -0.15) is 8.42 Å². The lowest BCUT2D eigenvalue weighted by atomic mass is 10.2. The maximum Gasteiger partial charge on any atom is 0.296 e. The summed E-state index contributed by atoms with van der Waals surface area (Å²) in [5.41, 5.74) is 1.02. The monoisotopic (exact) mass is 335 g/mol. The van der Waals surface area contributed by atoms with E-state index in [1.807, 2.05) is 6.92 Å². The molecule has 3 N–H and O–H groups in total. The van der Waals surface area contributed by atoms with Gasteiger partial charge < -0.3 is 15.3 Å². The van der Waals surface area contributed by atoms with Gasteiger partial charge in [0.1, 0.15) is 18.7 Å². The lowest BCUT2D eigenvalue weighted by Gasteiger charge is -2.30. The van der Waals surface area contributed by atoms with Gasteiger partial charge in [-0.3, -0.25) is 4.18 Å². The van der Waals surface area contributed by atoms with Crippen LogP contribution in [0.3, 0.4) is 0 Å². The molecule has 3 unspecified atom stereocenters. The Bertz CT molecular complexity index is 506. The molecule has 0 spiro atoms. The average molecular weight is 335 g/mol. The first-order chi connectivity index (χ1) is 10.0. The molecule has 22 heavy (non-hydrogen) atoms. The van der Waals surface area contributed by atoms with Crippen LogP contribution in [0.2, 0.25) is 0 Å². The topological polar surface area (TPSA) is 107 Å². The van der Waals surface area contributed by atoms with E-state index in [1.54, 1.807) is 12.1 Å². The molecule has 0 saturated heterocycles. The van der Waals surface area contributed by atoms with Crippen LogP contribution < -0.4 is 0 Å². The molecule has 0 saturated carbocycles. The number of aliphatic hydroxyl groups excluding tert-OH is 3. The number of aryl methyl sites for hydroxylation is 1. The summed E-state index contributed by atoms with van der Waals surface area (Å²) in [5, 5.41) is 26.9. The van der Waals surface area contributed by atoms with Crippen molar-refractivity contribution < 1.29 is 27.9 Å². The van der Waals surface area contributed by atoms with Crippen molar-refractivity contribution in [2.75, 3.05) is 7.11 Å². The number of aliphatic hydroxyl groups is 3. The van der Waals surface area contributed by atoms with Crippen LogP contribution in [-0.2, 0) is 14.3 Å². The second-order valence-corrected chi connectivity index (χ2v) is 6.49.